The molecule has 0 unspecified atom stereocenters. The second kappa shape index (κ2) is 3.94. The fourth-order valence-corrected chi connectivity index (χ4v) is 1.32. The molecular formula is C8H8Cl2O3. The maximum Gasteiger partial charge on any atom is 0.202 e. The average molecular weight is 223 g/mol. The highest BCUT2D eigenvalue weighted by Crippen LogP contribution is 2.45. The normalized spacial score (nSPS) is 9.85. The average Bonchev–Trinajstić information content (AvgIpc) is 2.12. The molecule has 1 rings (SSSR count). The molecule has 13 heavy (non-hydrogen) atoms. The van der Waals surface area contributed by atoms with Crippen molar-refractivity contribution in [2.45, 2.75) is 0 Å². The minimum absolute atomic E-state index is 0.117. The number of methoxy groups -OCH3 is 2. The summed E-state index contributed by atoms with van der Waals surface area (Å²) < 4.78 is 9.70. The molecular weight excluding hydrogens is 215 g/mol. The molecule has 0 amide bonds. The largest absolute Gasteiger partial charge is 0.502 e. The minimum atomic E-state index is -0.153. The highest BCUT2D eigenvalue weighted by Gasteiger charge is 2.16. The van der Waals surface area contributed by atoms with Crippen LogP contribution >= 0.6 is 23.2 Å². The Morgan fingerprint density at radius 2 is 1.85 bits per heavy atom. The molecule has 0 bridgehead atoms. The summed E-state index contributed by atoms with van der Waals surface area (Å²) in [7, 11) is 2.80. The smallest absolute Gasteiger partial charge is 0.202 e. The zero-order valence-electron chi connectivity index (χ0n) is 7.10. The van der Waals surface area contributed by atoms with E-state index in [0.29, 0.717) is 0 Å². The Bertz CT molecular complexity index is 326. The third-order valence-corrected chi connectivity index (χ3v) is 2.31. The van der Waals surface area contributed by atoms with Gasteiger partial charge in [-0.05, 0) is 0 Å². The summed E-state index contributed by atoms with van der Waals surface area (Å²) in [6, 6.07) is 1.42. The van der Waals surface area contributed by atoms with Crippen molar-refractivity contribution in [2.75, 3.05) is 14.2 Å². The predicted octanol–water partition coefficient (Wildman–Crippen LogP) is 2.72. The first-order valence-corrected chi connectivity index (χ1v) is 4.16. The van der Waals surface area contributed by atoms with Crippen LogP contribution in [-0.2, 0) is 0 Å². The number of benzene rings is 1. The highest BCUT2D eigenvalue weighted by atomic mass is 35.5. The van der Waals surface area contributed by atoms with Crippen LogP contribution in [-0.4, -0.2) is 19.3 Å². The molecule has 0 heterocycles. The van der Waals surface area contributed by atoms with Crippen molar-refractivity contribution >= 4 is 23.2 Å². The summed E-state index contributed by atoms with van der Waals surface area (Å²) >= 11 is 11.5. The van der Waals surface area contributed by atoms with Crippen LogP contribution in [0, 0.1) is 0 Å². The van der Waals surface area contributed by atoms with E-state index in [1.54, 1.807) is 0 Å². The van der Waals surface area contributed by atoms with E-state index in [1.807, 2.05) is 0 Å². The molecule has 0 aliphatic rings. The van der Waals surface area contributed by atoms with E-state index in [-0.39, 0.29) is 27.3 Å². The Morgan fingerprint density at radius 3 is 2.31 bits per heavy atom. The van der Waals surface area contributed by atoms with Crippen LogP contribution in [0.5, 0.6) is 17.2 Å². The zero-order chi connectivity index (χ0) is 10.0. The number of hydrogen-bond donors (Lipinski definition) is 1. The molecule has 0 fully saturated rings. The van der Waals surface area contributed by atoms with Gasteiger partial charge in [0, 0.05) is 6.07 Å². The molecule has 0 radical (unpaired) electrons. The quantitative estimate of drug-likeness (QED) is 0.837. The molecule has 0 saturated heterocycles. The van der Waals surface area contributed by atoms with Gasteiger partial charge in [0.15, 0.2) is 11.5 Å². The van der Waals surface area contributed by atoms with E-state index in [9.17, 15) is 5.11 Å². The van der Waals surface area contributed by atoms with E-state index < -0.39 is 0 Å². The van der Waals surface area contributed by atoms with Gasteiger partial charge in [-0.25, -0.2) is 0 Å². The van der Waals surface area contributed by atoms with Crippen molar-refractivity contribution in [3.8, 4) is 17.2 Å². The zero-order valence-corrected chi connectivity index (χ0v) is 8.61. The fourth-order valence-electron chi connectivity index (χ4n) is 0.913. The van der Waals surface area contributed by atoms with Gasteiger partial charge >= 0.3 is 0 Å². The highest BCUT2D eigenvalue weighted by molar-refractivity contribution is 6.43. The van der Waals surface area contributed by atoms with Crippen molar-refractivity contribution < 1.29 is 14.6 Å². The molecule has 0 spiro atoms. The number of phenols is 1. The lowest BCUT2D eigenvalue weighted by molar-refractivity contribution is 0.340. The fraction of sp³-hybridized carbons (Fsp3) is 0.250. The Hall–Kier alpha value is -0.800. The topological polar surface area (TPSA) is 38.7 Å². The summed E-state index contributed by atoms with van der Waals surface area (Å²) in [5.41, 5.74) is 0. The Kier molecular flexibility index (Phi) is 3.12. The van der Waals surface area contributed by atoms with Gasteiger partial charge in [0.05, 0.1) is 19.2 Å². The second-order valence-corrected chi connectivity index (χ2v) is 3.04. The van der Waals surface area contributed by atoms with Crippen LogP contribution in [0.4, 0.5) is 0 Å². The first-order chi connectivity index (χ1) is 6.11. The summed E-state index contributed by atoms with van der Waals surface area (Å²) in [6.07, 6.45) is 0. The van der Waals surface area contributed by atoms with Crippen LogP contribution in [0.2, 0.25) is 10.0 Å². The van der Waals surface area contributed by atoms with Gasteiger partial charge in [-0.3, -0.25) is 0 Å². The summed E-state index contributed by atoms with van der Waals surface area (Å²) in [5, 5.41) is 9.94. The van der Waals surface area contributed by atoms with Gasteiger partial charge in [0.25, 0.3) is 0 Å². The summed E-state index contributed by atoms with van der Waals surface area (Å²) in [6.45, 7) is 0. The summed E-state index contributed by atoms with van der Waals surface area (Å²) in [5.74, 6) is 0.191. The van der Waals surface area contributed by atoms with E-state index in [2.05, 4.69) is 0 Å². The second-order valence-electron chi connectivity index (χ2n) is 2.26. The van der Waals surface area contributed by atoms with Gasteiger partial charge in [0.1, 0.15) is 5.02 Å². The maximum absolute atomic E-state index is 9.50. The summed E-state index contributed by atoms with van der Waals surface area (Å²) in [4.78, 5) is 0. The predicted molar refractivity (Wildman–Crippen MR) is 51.2 cm³/mol. The van der Waals surface area contributed by atoms with Crippen molar-refractivity contribution in [3.63, 3.8) is 0 Å². The van der Waals surface area contributed by atoms with E-state index >= 15 is 0 Å². The molecule has 0 saturated carbocycles. The SMILES string of the molecule is COc1cc(Cl)c(Cl)c(OC)c1O. The molecule has 1 aromatic carbocycles. The van der Waals surface area contributed by atoms with E-state index in [0.717, 1.165) is 0 Å². The number of hydrogen-bond acceptors (Lipinski definition) is 3. The van der Waals surface area contributed by atoms with Crippen LogP contribution in [0.3, 0.4) is 0 Å². The number of phenolic OH excluding ortho intramolecular Hbond substituents is 1. The van der Waals surface area contributed by atoms with Crippen LogP contribution in [0.15, 0.2) is 6.07 Å². The Morgan fingerprint density at radius 1 is 1.23 bits per heavy atom. The van der Waals surface area contributed by atoms with Gasteiger partial charge in [0.2, 0.25) is 5.75 Å². The number of rotatable bonds is 2. The molecule has 0 atom stereocenters. The first kappa shape index (κ1) is 10.3. The lowest BCUT2D eigenvalue weighted by Crippen LogP contribution is -1.90. The molecule has 0 aliphatic heterocycles. The number of aromatic hydroxyl groups is 1. The number of ether oxygens (including phenoxy) is 2. The molecule has 3 nitrogen and oxygen atoms in total. The Labute approximate surface area is 85.8 Å². The standard InChI is InChI=1S/C8H8Cl2O3/c1-12-5-3-4(9)6(10)8(13-2)7(5)11/h3,11H,1-2H3. The van der Waals surface area contributed by atoms with Crippen molar-refractivity contribution in [1.82, 2.24) is 0 Å². The first-order valence-electron chi connectivity index (χ1n) is 3.40. The molecule has 1 aromatic rings. The van der Waals surface area contributed by atoms with Crippen LogP contribution < -0.4 is 9.47 Å². The lowest BCUT2D eigenvalue weighted by Gasteiger charge is -2.10. The number of halogens is 2. The molecule has 72 valence electrons. The van der Waals surface area contributed by atoms with Gasteiger partial charge in [-0.15, -0.1) is 0 Å². The third kappa shape index (κ3) is 1.76. The van der Waals surface area contributed by atoms with Gasteiger partial charge in [-0.2, -0.15) is 0 Å². The minimum Gasteiger partial charge on any atom is -0.502 e. The van der Waals surface area contributed by atoms with E-state index in [1.165, 1.54) is 20.3 Å². The molecule has 0 aromatic heterocycles. The Balaban J connectivity index is 3.39. The van der Waals surface area contributed by atoms with E-state index in [4.69, 9.17) is 32.7 Å². The monoisotopic (exact) mass is 222 g/mol. The molecule has 1 N–H and O–H groups in total. The lowest BCUT2D eigenvalue weighted by atomic mass is 10.3. The van der Waals surface area contributed by atoms with Crippen molar-refractivity contribution in [1.29, 1.82) is 0 Å². The van der Waals surface area contributed by atoms with Crippen LogP contribution in [0.1, 0.15) is 0 Å². The van der Waals surface area contributed by atoms with Gasteiger partial charge < -0.3 is 14.6 Å². The third-order valence-electron chi connectivity index (χ3n) is 1.54. The molecule has 0 aliphatic carbocycles. The van der Waals surface area contributed by atoms with Gasteiger partial charge in [-0.1, -0.05) is 23.2 Å². The van der Waals surface area contributed by atoms with Crippen LogP contribution in [0.25, 0.3) is 0 Å². The van der Waals surface area contributed by atoms with Crippen molar-refractivity contribution in [2.24, 2.45) is 0 Å². The maximum atomic E-state index is 9.50. The molecule has 5 heteroatoms. The van der Waals surface area contributed by atoms with Crippen molar-refractivity contribution in [3.05, 3.63) is 16.1 Å².